The van der Waals surface area contributed by atoms with Crippen LogP contribution in [0.2, 0.25) is 0 Å². The van der Waals surface area contributed by atoms with Crippen LogP contribution in [0.3, 0.4) is 0 Å². The van der Waals surface area contributed by atoms with Gasteiger partial charge in [-0.25, -0.2) is 28.5 Å². The minimum Gasteiger partial charge on any atom is -0.371 e. The number of H-pyrrole nitrogens is 1. The fourth-order valence-electron chi connectivity index (χ4n) is 3.77. The summed E-state index contributed by atoms with van der Waals surface area (Å²) in [6.07, 6.45) is 2.05. The van der Waals surface area contributed by atoms with Gasteiger partial charge in [0.25, 0.3) is 0 Å². The van der Waals surface area contributed by atoms with Gasteiger partial charge in [-0.2, -0.15) is 0 Å². The Labute approximate surface area is 191 Å². The summed E-state index contributed by atoms with van der Waals surface area (Å²) in [6.45, 7) is 0.302. The van der Waals surface area contributed by atoms with E-state index in [0.717, 1.165) is 33.5 Å². The molecule has 11 nitrogen and oxygen atoms in total. The molecule has 0 saturated heterocycles. The molecule has 0 saturated carbocycles. The van der Waals surface area contributed by atoms with Crippen molar-refractivity contribution >= 4 is 43.8 Å². The van der Waals surface area contributed by atoms with Crippen LogP contribution in [0.1, 0.15) is 18.5 Å². The number of hydrogen-bond donors (Lipinski definition) is 3. The van der Waals surface area contributed by atoms with Crippen molar-refractivity contribution in [1.29, 1.82) is 0 Å². The van der Waals surface area contributed by atoms with Crippen LogP contribution in [0.5, 0.6) is 0 Å². The molecule has 4 N–H and O–H groups in total. The fourth-order valence-corrected chi connectivity index (χ4v) is 4.32. The van der Waals surface area contributed by atoms with E-state index in [1.165, 1.54) is 4.90 Å². The molecule has 12 heteroatoms. The lowest BCUT2D eigenvalue weighted by Gasteiger charge is -2.17. The normalized spacial score (nSPS) is 11.9. The summed E-state index contributed by atoms with van der Waals surface area (Å²) in [4.78, 5) is 31.0. The number of nitrogens with one attached hydrogen (secondary N) is 2. The third-order valence-corrected chi connectivity index (χ3v) is 6.26. The maximum atomic E-state index is 12.3. The Kier molecular flexibility index (Phi) is 6.04. The lowest BCUT2D eigenvalue weighted by atomic mass is 10.2. The standard InChI is InChI=1S/C21H26N8O3S/c1-23-21-18-19(29(3)12-24-18)14-10-16(26-20(14)27-21)15-7-4-6-13(25-15)11-28(2)17(30)8-5-9-33(22,31)32/h4,6-7,10,12H,5,8-9,11H2,1-3H3,(H2,22,31,32)(H2,23,26,27). The highest BCUT2D eigenvalue weighted by Gasteiger charge is 2.16. The van der Waals surface area contributed by atoms with Crippen molar-refractivity contribution in [2.45, 2.75) is 19.4 Å². The number of rotatable bonds is 8. The number of imidazole rings is 1. The summed E-state index contributed by atoms with van der Waals surface area (Å²) < 4.78 is 24.1. The molecule has 0 bridgehead atoms. The molecular weight excluding hydrogens is 444 g/mol. The first-order valence-corrected chi connectivity index (χ1v) is 12.1. The van der Waals surface area contributed by atoms with Gasteiger partial charge in [0.15, 0.2) is 5.82 Å². The number of hydrogen-bond acceptors (Lipinski definition) is 7. The Morgan fingerprint density at radius 2 is 2.09 bits per heavy atom. The summed E-state index contributed by atoms with van der Waals surface area (Å²) >= 11 is 0. The third-order valence-electron chi connectivity index (χ3n) is 5.40. The number of aromatic amines is 1. The SMILES string of the molecule is CNc1nc2[nH]c(-c3cccc(CN(C)C(=O)CCCS(N)(=O)=O)n3)cc2c2c1ncn2C. The molecule has 4 aromatic rings. The highest BCUT2D eigenvalue weighted by atomic mass is 32.2. The average molecular weight is 471 g/mol. The summed E-state index contributed by atoms with van der Waals surface area (Å²) in [7, 11) is 1.84. The second-order valence-corrected chi connectivity index (χ2v) is 9.68. The molecule has 174 valence electrons. The molecule has 0 spiro atoms. The molecule has 0 aliphatic carbocycles. The molecule has 4 rings (SSSR count). The quantitative estimate of drug-likeness (QED) is 0.353. The van der Waals surface area contributed by atoms with Crippen molar-refractivity contribution in [3.8, 4) is 11.4 Å². The number of fused-ring (bicyclic) bond motifs is 3. The Morgan fingerprint density at radius 3 is 2.82 bits per heavy atom. The predicted octanol–water partition coefficient (Wildman–Crippen LogP) is 1.58. The van der Waals surface area contributed by atoms with Gasteiger partial charge in [0.05, 0.1) is 41.2 Å². The van der Waals surface area contributed by atoms with Crippen LogP contribution >= 0.6 is 0 Å². The van der Waals surface area contributed by atoms with Crippen molar-refractivity contribution < 1.29 is 13.2 Å². The largest absolute Gasteiger partial charge is 0.371 e. The van der Waals surface area contributed by atoms with E-state index >= 15 is 0 Å². The monoisotopic (exact) mass is 470 g/mol. The predicted molar refractivity (Wildman–Crippen MR) is 127 cm³/mol. The van der Waals surface area contributed by atoms with Gasteiger partial charge in [-0.05, 0) is 24.6 Å². The Morgan fingerprint density at radius 1 is 1.30 bits per heavy atom. The molecule has 0 unspecified atom stereocenters. The minimum absolute atomic E-state index is 0.106. The number of amides is 1. The molecule has 0 radical (unpaired) electrons. The molecular formula is C21H26N8O3S. The fraction of sp³-hybridized carbons (Fsp3) is 0.333. The number of carbonyl (C=O) groups is 1. The van der Waals surface area contributed by atoms with Crippen molar-refractivity contribution in [1.82, 2.24) is 29.4 Å². The summed E-state index contributed by atoms with van der Waals surface area (Å²) in [6, 6.07) is 7.62. The van der Waals surface area contributed by atoms with E-state index in [4.69, 9.17) is 10.1 Å². The molecule has 0 aromatic carbocycles. The van der Waals surface area contributed by atoms with Crippen molar-refractivity contribution in [3.05, 3.63) is 36.3 Å². The van der Waals surface area contributed by atoms with Crippen molar-refractivity contribution in [3.63, 3.8) is 0 Å². The zero-order valence-corrected chi connectivity index (χ0v) is 19.5. The maximum Gasteiger partial charge on any atom is 0.222 e. The zero-order chi connectivity index (χ0) is 23.8. The number of sulfonamides is 1. The van der Waals surface area contributed by atoms with E-state index in [1.807, 2.05) is 42.9 Å². The van der Waals surface area contributed by atoms with Gasteiger partial charge >= 0.3 is 0 Å². The molecule has 1 amide bonds. The van der Waals surface area contributed by atoms with Crippen LogP contribution in [0.4, 0.5) is 5.82 Å². The number of nitrogens with zero attached hydrogens (tertiary/aromatic N) is 5. The van der Waals surface area contributed by atoms with E-state index in [0.29, 0.717) is 18.1 Å². The van der Waals surface area contributed by atoms with Gasteiger partial charge in [0.2, 0.25) is 15.9 Å². The third kappa shape index (κ3) is 4.81. The van der Waals surface area contributed by atoms with E-state index in [2.05, 4.69) is 20.3 Å². The molecule has 0 atom stereocenters. The second-order valence-electron chi connectivity index (χ2n) is 7.94. The Bertz CT molecular complexity index is 1440. The Balaban J connectivity index is 1.57. The first-order chi connectivity index (χ1) is 15.7. The lowest BCUT2D eigenvalue weighted by molar-refractivity contribution is -0.130. The first kappa shape index (κ1) is 22.7. The van der Waals surface area contributed by atoms with Gasteiger partial charge in [-0.3, -0.25) is 4.79 Å². The van der Waals surface area contributed by atoms with E-state index in [-0.39, 0.29) is 24.5 Å². The van der Waals surface area contributed by atoms with Crippen LogP contribution in [0, 0.1) is 0 Å². The number of nitrogens with two attached hydrogens (primary N) is 1. The summed E-state index contributed by atoms with van der Waals surface area (Å²) in [5.41, 5.74) is 4.72. The number of carbonyl (C=O) groups excluding carboxylic acids is 1. The van der Waals surface area contributed by atoms with Crippen molar-refractivity contribution in [2.24, 2.45) is 12.2 Å². The molecule has 0 fully saturated rings. The molecule has 4 heterocycles. The zero-order valence-electron chi connectivity index (χ0n) is 18.7. The maximum absolute atomic E-state index is 12.3. The lowest BCUT2D eigenvalue weighted by Crippen LogP contribution is -2.27. The number of anilines is 1. The van der Waals surface area contributed by atoms with Crippen LogP contribution in [0.25, 0.3) is 33.5 Å². The number of aryl methyl sites for hydroxylation is 1. The smallest absolute Gasteiger partial charge is 0.222 e. The van der Waals surface area contributed by atoms with E-state index in [1.54, 1.807) is 13.4 Å². The van der Waals surface area contributed by atoms with Gasteiger partial charge in [-0.1, -0.05) is 6.07 Å². The Hall–Kier alpha value is -3.51. The summed E-state index contributed by atoms with van der Waals surface area (Å²) in [5.74, 6) is 0.308. The van der Waals surface area contributed by atoms with E-state index < -0.39 is 10.0 Å². The van der Waals surface area contributed by atoms with Crippen LogP contribution < -0.4 is 10.5 Å². The highest BCUT2D eigenvalue weighted by Crippen LogP contribution is 2.31. The van der Waals surface area contributed by atoms with Gasteiger partial charge in [0.1, 0.15) is 11.2 Å². The van der Waals surface area contributed by atoms with Crippen molar-refractivity contribution in [2.75, 3.05) is 25.2 Å². The molecule has 33 heavy (non-hydrogen) atoms. The van der Waals surface area contributed by atoms with Gasteiger partial charge in [0, 0.05) is 33.0 Å². The minimum atomic E-state index is -3.57. The van der Waals surface area contributed by atoms with Gasteiger partial charge < -0.3 is 19.8 Å². The topological polar surface area (TPSA) is 152 Å². The van der Waals surface area contributed by atoms with Crippen LogP contribution in [-0.4, -0.2) is 63.6 Å². The average Bonchev–Trinajstić information content (AvgIpc) is 3.36. The van der Waals surface area contributed by atoms with Crippen LogP contribution in [0.15, 0.2) is 30.6 Å². The van der Waals surface area contributed by atoms with Crippen LogP contribution in [-0.2, 0) is 28.4 Å². The molecule has 0 aliphatic rings. The number of aromatic nitrogens is 5. The van der Waals surface area contributed by atoms with Gasteiger partial charge in [-0.15, -0.1) is 0 Å². The van der Waals surface area contributed by atoms with E-state index in [9.17, 15) is 13.2 Å². The highest BCUT2D eigenvalue weighted by molar-refractivity contribution is 7.89. The first-order valence-electron chi connectivity index (χ1n) is 10.4. The number of primary sulfonamides is 1. The second kappa shape index (κ2) is 8.79. The number of pyridine rings is 2. The molecule has 0 aliphatic heterocycles. The summed E-state index contributed by atoms with van der Waals surface area (Å²) in [5, 5.41) is 9.02. The molecule has 4 aromatic heterocycles.